The van der Waals surface area contributed by atoms with Crippen LogP contribution in [0.2, 0.25) is 0 Å². The molecule has 0 saturated carbocycles. The summed E-state index contributed by atoms with van der Waals surface area (Å²) >= 11 is 0. The zero-order valence-corrected chi connectivity index (χ0v) is 11.1. The molecule has 0 spiro atoms. The van der Waals surface area contributed by atoms with Gasteiger partial charge in [-0.3, -0.25) is 0 Å². The van der Waals surface area contributed by atoms with E-state index in [2.05, 4.69) is 9.88 Å². The van der Waals surface area contributed by atoms with Crippen LogP contribution < -0.4 is 10.5 Å². The summed E-state index contributed by atoms with van der Waals surface area (Å²) in [4.78, 5) is 0.194. The van der Waals surface area contributed by atoms with Crippen LogP contribution in [0.5, 0.6) is 0 Å². The highest BCUT2D eigenvalue weighted by atomic mass is 32.2. The first kappa shape index (κ1) is 14.5. The van der Waals surface area contributed by atoms with Crippen molar-refractivity contribution >= 4 is 15.9 Å². The second-order valence-electron chi connectivity index (χ2n) is 4.09. The predicted octanol–water partition coefficient (Wildman–Crippen LogP) is 0.656. The molecular weight excluding hydrogens is 254 g/mol. The van der Waals surface area contributed by atoms with Gasteiger partial charge in [-0.25, -0.2) is 13.1 Å². The van der Waals surface area contributed by atoms with Gasteiger partial charge in [-0.2, -0.15) is 0 Å². The number of aryl methyl sites for hydroxylation is 1. The Balaban J connectivity index is 2.74. The van der Waals surface area contributed by atoms with E-state index in [1.165, 1.54) is 12.1 Å². The summed E-state index contributed by atoms with van der Waals surface area (Å²) in [5.41, 5.74) is 6.35. The second kappa shape index (κ2) is 5.83. The Morgan fingerprint density at radius 3 is 2.50 bits per heavy atom. The average molecular weight is 271 g/mol. The van der Waals surface area contributed by atoms with Gasteiger partial charge in [-0.15, -0.1) is 0 Å². The first-order valence-electron chi connectivity index (χ1n) is 5.40. The van der Waals surface area contributed by atoms with Crippen LogP contribution in [0.4, 0.5) is 0 Å². The summed E-state index contributed by atoms with van der Waals surface area (Å²) in [6, 6.07) is 6.51. The maximum Gasteiger partial charge on any atom is 0.240 e. The molecule has 0 aromatic heterocycles. The molecule has 7 heteroatoms. The molecule has 0 aliphatic rings. The highest BCUT2D eigenvalue weighted by Crippen LogP contribution is 2.10. The molecule has 0 saturated heterocycles. The number of benzene rings is 1. The van der Waals surface area contributed by atoms with Crippen molar-refractivity contribution in [2.24, 2.45) is 16.8 Å². The van der Waals surface area contributed by atoms with E-state index < -0.39 is 10.0 Å². The summed E-state index contributed by atoms with van der Waals surface area (Å²) < 4.78 is 26.2. The number of nitrogens with zero attached hydrogens (tertiary/aromatic N) is 1. The Morgan fingerprint density at radius 1 is 1.44 bits per heavy atom. The van der Waals surface area contributed by atoms with Crippen LogP contribution in [0, 0.1) is 12.8 Å². The van der Waals surface area contributed by atoms with Crippen molar-refractivity contribution < 1.29 is 13.6 Å². The van der Waals surface area contributed by atoms with Gasteiger partial charge < -0.3 is 10.9 Å². The van der Waals surface area contributed by atoms with Crippen molar-refractivity contribution in [3.63, 3.8) is 0 Å². The minimum atomic E-state index is -3.56. The number of nitrogens with two attached hydrogens (primary N) is 1. The SMILES string of the molecule is Cc1ccc(S(=O)(=O)NCC(C)C(N)=NO)cc1. The normalized spacial score (nSPS) is 14.4. The zero-order valence-electron chi connectivity index (χ0n) is 10.3. The standard InChI is InChI=1S/C11H17N3O3S/c1-8-3-5-10(6-4-8)18(16,17)13-7-9(2)11(12)14-15/h3-6,9,13,15H,7H2,1-2H3,(H2,12,14). The first-order chi connectivity index (χ1) is 8.36. The number of nitrogens with one attached hydrogen (secondary N) is 1. The van der Waals surface area contributed by atoms with Gasteiger partial charge in [0.15, 0.2) is 0 Å². The third-order valence-corrected chi connectivity index (χ3v) is 3.97. The number of amidine groups is 1. The number of rotatable bonds is 5. The molecular formula is C11H17N3O3S. The molecule has 1 unspecified atom stereocenters. The predicted molar refractivity (Wildman–Crippen MR) is 68.9 cm³/mol. The lowest BCUT2D eigenvalue weighted by Gasteiger charge is -2.11. The quantitative estimate of drug-likeness (QED) is 0.316. The molecule has 0 amide bonds. The summed E-state index contributed by atoms with van der Waals surface area (Å²) in [6.45, 7) is 3.61. The third kappa shape index (κ3) is 3.71. The van der Waals surface area contributed by atoms with Crippen LogP contribution in [-0.4, -0.2) is 26.0 Å². The summed E-state index contributed by atoms with van der Waals surface area (Å²) in [6.07, 6.45) is 0. The van der Waals surface area contributed by atoms with Crippen LogP contribution in [0.1, 0.15) is 12.5 Å². The molecule has 1 rings (SSSR count). The Bertz CT molecular complexity index is 523. The molecule has 100 valence electrons. The number of hydrogen-bond acceptors (Lipinski definition) is 4. The molecule has 4 N–H and O–H groups in total. The third-order valence-electron chi connectivity index (χ3n) is 2.53. The molecule has 0 bridgehead atoms. The topological polar surface area (TPSA) is 105 Å². The molecule has 0 aliphatic carbocycles. The van der Waals surface area contributed by atoms with E-state index in [-0.39, 0.29) is 23.2 Å². The molecule has 1 aromatic rings. The van der Waals surface area contributed by atoms with Gasteiger partial charge in [-0.1, -0.05) is 29.8 Å². The maximum atomic E-state index is 11.9. The van der Waals surface area contributed by atoms with Crippen molar-refractivity contribution in [1.29, 1.82) is 0 Å². The molecule has 0 heterocycles. The minimum absolute atomic E-state index is 0.0124. The fourth-order valence-corrected chi connectivity index (χ4v) is 2.37. The lowest BCUT2D eigenvalue weighted by atomic mass is 10.2. The molecule has 1 aromatic carbocycles. The second-order valence-corrected chi connectivity index (χ2v) is 5.86. The van der Waals surface area contributed by atoms with Gasteiger partial charge >= 0.3 is 0 Å². The molecule has 0 radical (unpaired) electrons. The molecule has 18 heavy (non-hydrogen) atoms. The van der Waals surface area contributed by atoms with Gasteiger partial charge in [0.2, 0.25) is 10.0 Å². The Morgan fingerprint density at radius 2 is 2.00 bits per heavy atom. The molecule has 0 fully saturated rings. The van der Waals surface area contributed by atoms with Crippen molar-refractivity contribution in [3.05, 3.63) is 29.8 Å². The van der Waals surface area contributed by atoms with Crippen molar-refractivity contribution in [1.82, 2.24) is 4.72 Å². The molecule has 0 aliphatic heterocycles. The summed E-state index contributed by atoms with van der Waals surface area (Å²) in [5, 5.41) is 11.3. The monoisotopic (exact) mass is 271 g/mol. The highest BCUT2D eigenvalue weighted by molar-refractivity contribution is 7.89. The Hall–Kier alpha value is -1.60. The van der Waals surface area contributed by atoms with Gasteiger partial charge in [0.25, 0.3) is 0 Å². The van der Waals surface area contributed by atoms with Crippen molar-refractivity contribution in [3.8, 4) is 0 Å². The Labute approximate surface area is 107 Å². The van der Waals surface area contributed by atoms with E-state index in [0.717, 1.165) is 5.56 Å². The van der Waals surface area contributed by atoms with Crippen LogP contribution in [0.3, 0.4) is 0 Å². The van der Waals surface area contributed by atoms with E-state index >= 15 is 0 Å². The number of hydrogen-bond donors (Lipinski definition) is 3. The fourth-order valence-electron chi connectivity index (χ4n) is 1.24. The van der Waals surface area contributed by atoms with E-state index in [1.807, 2.05) is 6.92 Å². The van der Waals surface area contributed by atoms with Gasteiger partial charge in [0.05, 0.1) is 4.90 Å². The minimum Gasteiger partial charge on any atom is -0.409 e. The fraction of sp³-hybridized carbons (Fsp3) is 0.364. The van der Waals surface area contributed by atoms with E-state index in [0.29, 0.717) is 0 Å². The highest BCUT2D eigenvalue weighted by Gasteiger charge is 2.16. The van der Waals surface area contributed by atoms with E-state index in [1.54, 1.807) is 19.1 Å². The van der Waals surface area contributed by atoms with Crippen LogP contribution in [0.25, 0.3) is 0 Å². The summed E-state index contributed by atoms with van der Waals surface area (Å²) in [7, 11) is -3.56. The zero-order chi connectivity index (χ0) is 13.8. The number of oxime groups is 1. The van der Waals surface area contributed by atoms with Crippen LogP contribution in [0.15, 0.2) is 34.3 Å². The van der Waals surface area contributed by atoms with Gasteiger partial charge in [-0.05, 0) is 19.1 Å². The van der Waals surface area contributed by atoms with Crippen molar-refractivity contribution in [2.75, 3.05) is 6.54 Å². The summed E-state index contributed by atoms with van der Waals surface area (Å²) in [5.74, 6) is -0.392. The number of sulfonamides is 1. The molecule has 6 nitrogen and oxygen atoms in total. The smallest absolute Gasteiger partial charge is 0.240 e. The van der Waals surface area contributed by atoms with E-state index in [4.69, 9.17) is 10.9 Å². The van der Waals surface area contributed by atoms with Gasteiger partial charge in [0, 0.05) is 12.5 Å². The average Bonchev–Trinajstić information content (AvgIpc) is 2.35. The lowest BCUT2D eigenvalue weighted by molar-refractivity contribution is 0.314. The Kier molecular flexibility index (Phi) is 4.69. The maximum absolute atomic E-state index is 11.9. The van der Waals surface area contributed by atoms with Gasteiger partial charge in [0.1, 0.15) is 5.84 Å². The largest absolute Gasteiger partial charge is 0.409 e. The molecule has 1 atom stereocenters. The van der Waals surface area contributed by atoms with Crippen molar-refractivity contribution in [2.45, 2.75) is 18.7 Å². The lowest BCUT2D eigenvalue weighted by Crippen LogP contribution is -2.34. The van der Waals surface area contributed by atoms with Crippen LogP contribution in [-0.2, 0) is 10.0 Å². The van der Waals surface area contributed by atoms with E-state index in [9.17, 15) is 8.42 Å². The van der Waals surface area contributed by atoms with Crippen LogP contribution >= 0.6 is 0 Å². The first-order valence-corrected chi connectivity index (χ1v) is 6.89.